The summed E-state index contributed by atoms with van der Waals surface area (Å²) in [6.45, 7) is 3.08. The Morgan fingerprint density at radius 1 is 1.60 bits per heavy atom. The summed E-state index contributed by atoms with van der Waals surface area (Å²) in [7, 11) is 3.90. The highest BCUT2D eigenvalue weighted by Gasteiger charge is 2.15. The number of thiazole rings is 1. The molecule has 0 aromatic carbocycles. The van der Waals surface area contributed by atoms with E-state index in [0.717, 1.165) is 11.6 Å². The smallest absolute Gasteiger partial charge is 0.264 e. The SMILES string of the molecule is Cc1nc(OCCN(C)C)c(C(N)=O)s1. The molecule has 1 aromatic rings. The molecule has 0 saturated carbocycles. The van der Waals surface area contributed by atoms with Crippen molar-refractivity contribution in [3.8, 4) is 5.88 Å². The fourth-order valence-corrected chi connectivity index (χ4v) is 1.70. The van der Waals surface area contributed by atoms with Crippen LogP contribution in [0.4, 0.5) is 0 Å². The lowest BCUT2D eigenvalue weighted by Gasteiger charge is -2.09. The van der Waals surface area contributed by atoms with Crippen molar-refractivity contribution in [3.05, 3.63) is 9.88 Å². The first-order valence-electron chi connectivity index (χ1n) is 4.55. The first-order valence-corrected chi connectivity index (χ1v) is 5.37. The van der Waals surface area contributed by atoms with Crippen LogP contribution in [-0.4, -0.2) is 43.0 Å². The summed E-state index contributed by atoms with van der Waals surface area (Å²) in [6, 6.07) is 0. The van der Waals surface area contributed by atoms with Gasteiger partial charge in [0.2, 0.25) is 5.88 Å². The van der Waals surface area contributed by atoms with Crippen LogP contribution >= 0.6 is 11.3 Å². The number of hydrogen-bond acceptors (Lipinski definition) is 5. The van der Waals surface area contributed by atoms with Crippen LogP contribution in [0.1, 0.15) is 14.7 Å². The van der Waals surface area contributed by atoms with E-state index < -0.39 is 5.91 Å². The average molecular weight is 229 g/mol. The second-order valence-electron chi connectivity index (χ2n) is 3.38. The minimum atomic E-state index is -0.486. The van der Waals surface area contributed by atoms with Gasteiger partial charge in [0.1, 0.15) is 6.61 Å². The number of hydrogen-bond donors (Lipinski definition) is 1. The highest BCUT2D eigenvalue weighted by Crippen LogP contribution is 2.23. The van der Waals surface area contributed by atoms with Gasteiger partial charge in [-0.05, 0) is 21.0 Å². The van der Waals surface area contributed by atoms with E-state index in [9.17, 15) is 4.79 Å². The van der Waals surface area contributed by atoms with Crippen molar-refractivity contribution in [2.75, 3.05) is 27.2 Å². The van der Waals surface area contributed by atoms with E-state index in [2.05, 4.69) is 4.98 Å². The van der Waals surface area contributed by atoms with Crippen LogP contribution in [0.3, 0.4) is 0 Å². The summed E-state index contributed by atoms with van der Waals surface area (Å²) in [5.41, 5.74) is 5.20. The third kappa shape index (κ3) is 3.49. The standard InChI is InChI=1S/C9H15N3O2S/c1-6-11-9(7(15-6)8(10)13)14-5-4-12(2)3/h4-5H2,1-3H3,(H2,10,13). The summed E-state index contributed by atoms with van der Waals surface area (Å²) in [5.74, 6) is -0.132. The number of nitrogens with two attached hydrogens (primary N) is 1. The molecule has 0 aliphatic heterocycles. The fourth-order valence-electron chi connectivity index (χ4n) is 0.986. The van der Waals surface area contributed by atoms with Crippen molar-refractivity contribution in [2.45, 2.75) is 6.92 Å². The van der Waals surface area contributed by atoms with Crippen LogP contribution in [0, 0.1) is 6.92 Å². The molecule has 5 nitrogen and oxygen atoms in total. The predicted octanol–water partition coefficient (Wildman–Crippen LogP) is 0.491. The van der Waals surface area contributed by atoms with Crippen LogP contribution in [0.15, 0.2) is 0 Å². The van der Waals surface area contributed by atoms with E-state index in [1.165, 1.54) is 11.3 Å². The second kappa shape index (κ2) is 5.09. The maximum Gasteiger partial charge on any atom is 0.264 e. The molecule has 84 valence electrons. The number of aryl methyl sites for hydroxylation is 1. The summed E-state index contributed by atoms with van der Waals surface area (Å²) in [5, 5.41) is 0.781. The minimum Gasteiger partial charge on any atom is -0.475 e. The number of amides is 1. The summed E-state index contributed by atoms with van der Waals surface area (Å²) in [4.78, 5) is 17.5. The highest BCUT2D eigenvalue weighted by molar-refractivity contribution is 7.13. The topological polar surface area (TPSA) is 68.4 Å². The maximum absolute atomic E-state index is 11.0. The molecule has 2 N–H and O–H groups in total. The number of nitrogens with zero attached hydrogens (tertiary/aromatic N) is 2. The van der Waals surface area contributed by atoms with Crippen LogP contribution in [0.5, 0.6) is 5.88 Å². The Labute approximate surface area is 92.9 Å². The lowest BCUT2D eigenvalue weighted by molar-refractivity contribution is 0.0999. The number of primary amides is 1. The van der Waals surface area contributed by atoms with Gasteiger partial charge in [-0.25, -0.2) is 4.98 Å². The Hall–Kier alpha value is -1.14. The van der Waals surface area contributed by atoms with Crippen LogP contribution in [-0.2, 0) is 0 Å². The van der Waals surface area contributed by atoms with Gasteiger partial charge in [-0.3, -0.25) is 4.79 Å². The molecule has 0 spiro atoms. The van der Waals surface area contributed by atoms with Gasteiger partial charge in [-0.15, -0.1) is 11.3 Å². The van der Waals surface area contributed by atoms with E-state index in [1.54, 1.807) is 0 Å². The van der Waals surface area contributed by atoms with Gasteiger partial charge in [0.15, 0.2) is 4.88 Å². The molecule has 0 atom stereocenters. The number of likely N-dealkylation sites (N-methyl/N-ethyl adjacent to an activating group) is 1. The van der Waals surface area contributed by atoms with E-state index in [0.29, 0.717) is 17.4 Å². The van der Waals surface area contributed by atoms with E-state index in [1.807, 2.05) is 25.9 Å². The second-order valence-corrected chi connectivity index (χ2v) is 4.59. The number of aromatic nitrogens is 1. The largest absolute Gasteiger partial charge is 0.475 e. The monoisotopic (exact) mass is 229 g/mol. The normalized spacial score (nSPS) is 10.7. The van der Waals surface area contributed by atoms with Crippen molar-refractivity contribution >= 4 is 17.2 Å². The maximum atomic E-state index is 11.0. The zero-order valence-electron chi connectivity index (χ0n) is 9.11. The Bertz CT molecular complexity index is 349. The van der Waals surface area contributed by atoms with Gasteiger partial charge in [0.25, 0.3) is 5.91 Å². The molecule has 0 aliphatic rings. The van der Waals surface area contributed by atoms with Gasteiger partial charge in [0, 0.05) is 6.54 Å². The molecule has 0 bridgehead atoms. The number of rotatable bonds is 5. The summed E-state index contributed by atoms with van der Waals surface area (Å²) < 4.78 is 5.39. The zero-order valence-corrected chi connectivity index (χ0v) is 9.93. The molecule has 1 heterocycles. The Balaban J connectivity index is 2.63. The lowest BCUT2D eigenvalue weighted by atomic mass is 10.5. The van der Waals surface area contributed by atoms with E-state index in [-0.39, 0.29) is 0 Å². The minimum absolute atomic E-state index is 0.354. The zero-order chi connectivity index (χ0) is 11.4. The van der Waals surface area contributed by atoms with Crippen molar-refractivity contribution in [1.29, 1.82) is 0 Å². The van der Waals surface area contributed by atoms with Gasteiger partial charge >= 0.3 is 0 Å². The molecular weight excluding hydrogens is 214 g/mol. The molecule has 1 amide bonds. The van der Waals surface area contributed by atoms with E-state index >= 15 is 0 Å². The van der Waals surface area contributed by atoms with Crippen molar-refractivity contribution in [1.82, 2.24) is 9.88 Å². The Morgan fingerprint density at radius 3 is 2.80 bits per heavy atom. The molecule has 6 heteroatoms. The lowest BCUT2D eigenvalue weighted by Crippen LogP contribution is -2.20. The van der Waals surface area contributed by atoms with Gasteiger partial charge in [-0.1, -0.05) is 0 Å². The van der Waals surface area contributed by atoms with Crippen LogP contribution < -0.4 is 10.5 Å². The first kappa shape index (κ1) is 11.9. The van der Waals surface area contributed by atoms with Crippen LogP contribution in [0.25, 0.3) is 0 Å². The van der Waals surface area contributed by atoms with Crippen molar-refractivity contribution < 1.29 is 9.53 Å². The summed E-state index contributed by atoms with van der Waals surface area (Å²) >= 11 is 1.26. The van der Waals surface area contributed by atoms with Gasteiger partial charge < -0.3 is 15.4 Å². The predicted molar refractivity (Wildman–Crippen MR) is 59.4 cm³/mol. The average Bonchev–Trinajstić information content (AvgIpc) is 2.46. The van der Waals surface area contributed by atoms with Crippen molar-refractivity contribution in [2.24, 2.45) is 5.73 Å². The molecule has 0 radical (unpaired) electrons. The molecule has 0 fully saturated rings. The summed E-state index contributed by atoms with van der Waals surface area (Å²) in [6.07, 6.45) is 0. The van der Waals surface area contributed by atoms with Crippen LogP contribution in [0.2, 0.25) is 0 Å². The fraction of sp³-hybridized carbons (Fsp3) is 0.556. The number of ether oxygens (including phenoxy) is 1. The quantitative estimate of drug-likeness (QED) is 0.798. The third-order valence-electron chi connectivity index (χ3n) is 1.70. The van der Waals surface area contributed by atoms with E-state index in [4.69, 9.17) is 10.5 Å². The molecule has 15 heavy (non-hydrogen) atoms. The molecule has 0 aliphatic carbocycles. The number of carbonyl (C=O) groups is 1. The molecular formula is C9H15N3O2S. The highest BCUT2D eigenvalue weighted by atomic mass is 32.1. The molecule has 0 unspecified atom stereocenters. The molecule has 0 saturated heterocycles. The third-order valence-corrected chi connectivity index (χ3v) is 2.67. The van der Waals surface area contributed by atoms with Gasteiger partial charge in [-0.2, -0.15) is 0 Å². The first-order chi connectivity index (χ1) is 7.00. The van der Waals surface area contributed by atoms with Gasteiger partial charge in [0.05, 0.1) is 5.01 Å². The van der Waals surface area contributed by atoms with Crippen molar-refractivity contribution in [3.63, 3.8) is 0 Å². The Morgan fingerprint density at radius 2 is 2.27 bits per heavy atom. The molecule has 1 rings (SSSR count). The number of carbonyl (C=O) groups excluding carboxylic acids is 1. The Kier molecular flexibility index (Phi) is 4.05. The molecule has 1 aromatic heterocycles.